The van der Waals surface area contributed by atoms with E-state index in [1.165, 1.54) is 7.11 Å². The Bertz CT molecular complexity index is 1130. The lowest BCUT2D eigenvalue weighted by atomic mass is 9.96. The fourth-order valence-corrected chi connectivity index (χ4v) is 3.21. The van der Waals surface area contributed by atoms with E-state index in [0.717, 1.165) is 11.0 Å². The van der Waals surface area contributed by atoms with Crippen LogP contribution in [0.1, 0.15) is 36.2 Å². The molecule has 0 N–H and O–H groups in total. The number of nitrogens with zero attached hydrogens (tertiary/aromatic N) is 7. The number of allylic oxidation sites excluding steroid dienone is 2. The van der Waals surface area contributed by atoms with Crippen molar-refractivity contribution in [3.05, 3.63) is 34.3 Å². The van der Waals surface area contributed by atoms with E-state index in [0.29, 0.717) is 11.3 Å². The quantitative estimate of drug-likeness (QED) is 0.688. The van der Waals surface area contributed by atoms with E-state index < -0.39 is 12.8 Å². The van der Waals surface area contributed by atoms with Crippen LogP contribution in [0.25, 0.3) is 0 Å². The van der Waals surface area contributed by atoms with Crippen LogP contribution in [0.3, 0.4) is 0 Å². The number of ketones is 2. The molecule has 0 fully saturated rings. The molecule has 30 heavy (non-hydrogen) atoms. The second-order valence-corrected chi connectivity index (χ2v) is 7.36. The third kappa shape index (κ3) is 3.49. The Morgan fingerprint density at radius 2 is 1.63 bits per heavy atom. The standard InChI is InChI=1S/C20H27N7O3/c1-11-12(15-16(27(11)7)13(28)9-14(30-8)17(15)29)10-26(6)20-22-18(24(2)3)21-19(23-20)25(4)5/h9H,10H2,1-8H3/i6D3. The van der Waals surface area contributed by atoms with Gasteiger partial charge in [-0.25, -0.2) is 0 Å². The number of rotatable bonds is 6. The number of hydrogen-bond donors (Lipinski definition) is 0. The van der Waals surface area contributed by atoms with Gasteiger partial charge in [0.2, 0.25) is 29.4 Å². The van der Waals surface area contributed by atoms with Crippen molar-refractivity contribution in [2.45, 2.75) is 13.5 Å². The first kappa shape index (κ1) is 17.4. The van der Waals surface area contributed by atoms with Crippen LogP contribution in [0.2, 0.25) is 0 Å². The Labute approximate surface area is 180 Å². The smallest absolute Gasteiger partial charge is 0.232 e. The van der Waals surface area contributed by atoms with E-state index in [-0.39, 0.29) is 47.2 Å². The normalized spacial score (nSPS) is 15.0. The van der Waals surface area contributed by atoms with Crippen molar-refractivity contribution in [2.24, 2.45) is 7.05 Å². The number of ether oxygens (including phenoxy) is 1. The molecule has 160 valence electrons. The molecule has 0 bridgehead atoms. The summed E-state index contributed by atoms with van der Waals surface area (Å²) in [6.07, 6.45) is 1.15. The molecule has 2 heterocycles. The minimum Gasteiger partial charge on any atom is -0.492 e. The van der Waals surface area contributed by atoms with Crippen LogP contribution in [0.4, 0.5) is 17.8 Å². The molecule has 1 aliphatic carbocycles. The molecule has 2 aromatic heterocycles. The van der Waals surface area contributed by atoms with Crippen molar-refractivity contribution in [2.75, 3.05) is 57.0 Å². The van der Waals surface area contributed by atoms with E-state index in [9.17, 15) is 9.59 Å². The van der Waals surface area contributed by atoms with Crippen LogP contribution in [0.15, 0.2) is 11.8 Å². The maximum absolute atomic E-state index is 13.1. The largest absolute Gasteiger partial charge is 0.492 e. The summed E-state index contributed by atoms with van der Waals surface area (Å²) >= 11 is 0. The summed E-state index contributed by atoms with van der Waals surface area (Å²) in [4.78, 5) is 43.1. The van der Waals surface area contributed by atoms with Gasteiger partial charge in [-0.2, -0.15) is 15.0 Å². The Kier molecular flexibility index (Phi) is 4.51. The highest BCUT2D eigenvalue weighted by molar-refractivity contribution is 6.24. The SMILES string of the molecule is [2H]C([2H])([2H])N(Cc1c2c(n(C)c1C)C(=O)C=C(OC)C2=O)c1nc(N(C)C)nc(N(C)C)n1. The lowest BCUT2D eigenvalue weighted by Gasteiger charge is -2.22. The van der Waals surface area contributed by atoms with Gasteiger partial charge in [-0.1, -0.05) is 0 Å². The van der Waals surface area contributed by atoms with Gasteiger partial charge in [-0.15, -0.1) is 0 Å². The van der Waals surface area contributed by atoms with Crippen LogP contribution in [-0.4, -0.2) is 73.4 Å². The number of fused-ring (bicyclic) bond motifs is 1. The number of carbonyl (C=O) groups is 2. The maximum Gasteiger partial charge on any atom is 0.232 e. The Morgan fingerprint density at radius 1 is 1.07 bits per heavy atom. The molecule has 0 aliphatic heterocycles. The fraction of sp³-hybridized carbons (Fsp3) is 0.450. The first-order valence-electron chi connectivity index (χ1n) is 10.7. The minimum absolute atomic E-state index is 0.0773. The van der Waals surface area contributed by atoms with Crippen molar-refractivity contribution in [1.29, 1.82) is 0 Å². The lowest BCUT2D eigenvalue weighted by molar-refractivity contribution is 0.0913. The fourth-order valence-electron chi connectivity index (χ4n) is 3.21. The van der Waals surface area contributed by atoms with Gasteiger partial charge in [0, 0.05) is 70.2 Å². The summed E-state index contributed by atoms with van der Waals surface area (Å²) in [6.45, 7) is -1.15. The molecule has 0 radical (unpaired) electrons. The number of methoxy groups -OCH3 is 1. The maximum atomic E-state index is 13.1. The number of anilines is 3. The van der Waals surface area contributed by atoms with Crippen molar-refractivity contribution in [1.82, 2.24) is 19.5 Å². The Hall–Kier alpha value is -3.43. The molecule has 0 spiro atoms. The van der Waals surface area contributed by atoms with Crippen molar-refractivity contribution < 1.29 is 18.4 Å². The molecule has 3 rings (SSSR count). The van der Waals surface area contributed by atoms with Gasteiger partial charge in [-0.3, -0.25) is 9.59 Å². The molecule has 2 aromatic rings. The summed E-state index contributed by atoms with van der Waals surface area (Å²) in [5.74, 6) is -0.476. The van der Waals surface area contributed by atoms with Gasteiger partial charge in [-0.05, 0) is 6.92 Å². The highest BCUT2D eigenvalue weighted by atomic mass is 16.5. The van der Waals surface area contributed by atoms with Gasteiger partial charge in [0.05, 0.1) is 12.7 Å². The zero-order valence-electron chi connectivity index (χ0n) is 21.1. The average molecular weight is 417 g/mol. The molecule has 10 heteroatoms. The van der Waals surface area contributed by atoms with E-state index in [1.807, 2.05) is 0 Å². The van der Waals surface area contributed by atoms with Gasteiger partial charge < -0.3 is 24.0 Å². The monoisotopic (exact) mass is 416 g/mol. The molecular weight excluding hydrogens is 386 g/mol. The molecule has 0 saturated heterocycles. The van der Waals surface area contributed by atoms with Crippen LogP contribution in [0, 0.1) is 6.92 Å². The summed E-state index contributed by atoms with van der Waals surface area (Å²) < 4.78 is 31.1. The molecule has 0 saturated carbocycles. The molecule has 10 nitrogen and oxygen atoms in total. The summed E-state index contributed by atoms with van der Waals surface area (Å²) in [5.41, 5.74) is 1.29. The zero-order chi connectivity index (χ0) is 24.8. The third-order valence-electron chi connectivity index (χ3n) is 4.94. The number of aromatic nitrogens is 4. The Balaban J connectivity index is 2.20. The highest BCUT2D eigenvalue weighted by Crippen LogP contribution is 2.31. The van der Waals surface area contributed by atoms with Crippen molar-refractivity contribution in [3.63, 3.8) is 0 Å². The van der Waals surface area contributed by atoms with E-state index >= 15 is 0 Å². The van der Waals surface area contributed by atoms with Crippen LogP contribution in [0.5, 0.6) is 0 Å². The average Bonchev–Trinajstić information content (AvgIpc) is 2.98. The first-order chi connectivity index (χ1) is 15.3. The van der Waals surface area contributed by atoms with Gasteiger partial charge in [0.25, 0.3) is 0 Å². The summed E-state index contributed by atoms with van der Waals surface area (Å²) in [7, 11) is 9.91. The molecule has 0 unspecified atom stereocenters. The first-order valence-corrected chi connectivity index (χ1v) is 9.19. The molecular formula is C20H27N7O3. The van der Waals surface area contributed by atoms with E-state index in [1.54, 1.807) is 56.5 Å². The van der Waals surface area contributed by atoms with Crippen LogP contribution >= 0.6 is 0 Å². The zero-order valence-corrected chi connectivity index (χ0v) is 18.1. The van der Waals surface area contributed by atoms with Crippen LogP contribution in [-0.2, 0) is 18.3 Å². The van der Waals surface area contributed by atoms with Gasteiger partial charge in [0.15, 0.2) is 5.76 Å². The molecule has 0 aromatic carbocycles. The number of hydrogen-bond acceptors (Lipinski definition) is 9. The number of Topliss-reactive ketones (excluding diaryl/α,β-unsaturated/α-hetero) is 1. The number of carbonyl (C=O) groups excluding carboxylic acids is 2. The van der Waals surface area contributed by atoms with Crippen molar-refractivity contribution >= 4 is 29.4 Å². The molecule has 1 aliphatic rings. The summed E-state index contributed by atoms with van der Waals surface area (Å²) in [6, 6.07) is 0. The topological polar surface area (TPSA) is 96.7 Å². The second-order valence-electron chi connectivity index (χ2n) is 7.36. The predicted octanol–water partition coefficient (Wildman–Crippen LogP) is 1.20. The minimum atomic E-state index is -2.65. The van der Waals surface area contributed by atoms with E-state index in [2.05, 4.69) is 15.0 Å². The molecule has 0 amide bonds. The third-order valence-corrected chi connectivity index (χ3v) is 4.94. The Morgan fingerprint density at radius 3 is 2.13 bits per heavy atom. The highest BCUT2D eigenvalue weighted by Gasteiger charge is 2.34. The predicted molar refractivity (Wildman–Crippen MR) is 114 cm³/mol. The molecule has 0 atom stereocenters. The van der Waals surface area contributed by atoms with Crippen molar-refractivity contribution in [3.8, 4) is 0 Å². The van der Waals surface area contributed by atoms with Crippen LogP contribution < -0.4 is 14.7 Å². The van der Waals surface area contributed by atoms with Gasteiger partial charge in [0.1, 0.15) is 5.69 Å². The lowest BCUT2D eigenvalue weighted by Crippen LogP contribution is -2.26. The second kappa shape index (κ2) is 7.77. The summed E-state index contributed by atoms with van der Waals surface area (Å²) in [5, 5.41) is 0. The van der Waals surface area contributed by atoms with Gasteiger partial charge >= 0.3 is 0 Å². The van der Waals surface area contributed by atoms with E-state index in [4.69, 9.17) is 8.85 Å².